The molecule has 1 spiro atoms. The first-order valence-corrected chi connectivity index (χ1v) is 14.2. The van der Waals surface area contributed by atoms with E-state index in [1.165, 1.54) is 63.0 Å². The minimum Gasteiger partial charge on any atom is -0.481 e. The van der Waals surface area contributed by atoms with E-state index in [1.54, 1.807) is 11.1 Å². The van der Waals surface area contributed by atoms with Crippen LogP contribution in [0.3, 0.4) is 0 Å². The van der Waals surface area contributed by atoms with Crippen LogP contribution in [0.1, 0.15) is 55.2 Å². The predicted molar refractivity (Wildman–Crippen MR) is 152 cm³/mol. The second kappa shape index (κ2) is 13.0. The van der Waals surface area contributed by atoms with Crippen LogP contribution in [0.25, 0.3) is 0 Å². The van der Waals surface area contributed by atoms with Gasteiger partial charge in [0.25, 0.3) is 0 Å². The molecule has 10 heteroatoms. The van der Waals surface area contributed by atoms with Gasteiger partial charge in [0, 0.05) is 12.2 Å². The Morgan fingerprint density at radius 1 is 0.854 bits per heavy atom. The first-order chi connectivity index (χ1) is 19.6. The van der Waals surface area contributed by atoms with Crippen molar-refractivity contribution >= 4 is 23.6 Å². The van der Waals surface area contributed by atoms with E-state index in [1.807, 2.05) is 0 Å². The Morgan fingerprint density at radius 2 is 1.46 bits per heavy atom. The highest BCUT2D eigenvalue weighted by Gasteiger charge is 2.41. The van der Waals surface area contributed by atoms with Crippen molar-refractivity contribution < 1.29 is 39.9 Å². The quantitative estimate of drug-likeness (QED) is 0.288. The van der Waals surface area contributed by atoms with Crippen molar-refractivity contribution in [1.29, 1.82) is 0 Å². The van der Waals surface area contributed by atoms with Gasteiger partial charge in [-0.3, -0.25) is 9.59 Å². The molecule has 10 nitrogen and oxygen atoms in total. The minimum atomic E-state index is -2.74. The highest BCUT2D eigenvalue weighted by Crippen LogP contribution is 2.46. The summed E-state index contributed by atoms with van der Waals surface area (Å²) in [4.78, 5) is 35.6. The number of aliphatic carboxylic acids is 3. The summed E-state index contributed by atoms with van der Waals surface area (Å²) in [7, 11) is 0. The molecular weight excluding hydrogens is 528 g/mol. The molecule has 2 aromatic carbocycles. The number of carboxylic acid groups (broad SMARTS) is 3. The number of carbonyl (C=O) groups is 3. The fraction of sp³-hybridized carbons (Fsp3) is 0.516. The molecule has 0 radical (unpaired) electrons. The van der Waals surface area contributed by atoms with Crippen LogP contribution in [0, 0.1) is 0 Å². The lowest BCUT2D eigenvalue weighted by atomic mass is 9.74. The number of nitrogens with zero attached hydrogens (tertiary/aromatic N) is 2. The lowest BCUT2D eigenvalue weighted by Crippen LogP contribution is -2.43. The summed E-state index contributed by atoms with van der Waals surface area (Å²) in [5.74, 6) is -5.02. The summed E-state index contributed by atoms with van der Waals surface area (Å²) in [5.41, 5.74) is 3.69. The number of rotatable bonds is 10. The van der Waals surface area contributed by atoms with Gasteiger partial charge in [0.1, 0.15) is 0 Å². The Bertz CT molecular complexity index is 1220. The Morgan fingerprint density at radius 3 is 2.07 bits per heavy atom. The number of benzene rings is 2. The fourth-order valence-electron chi connectivity index (χ4n) is 6.66. The number of fused-ring (bicyclic) bond motifs is 3. The Hall–Kier alpha value is -3.47. The van der Waals surface area contributed by atoms with Gasteiger partial charge in [-0.15, -0.1) is 0 Å². The van der Waals surface area contributed by atoms with Crippen LogP contribution >= 0.6 is 0 Å². The molecule has 1 atom stereocenters. The van der Waals surface area contributed by atoms with E-state index < -0.39 is 36.4 Å². The second-order valence-corrected chi connectivity index (χ2v) is 11.5. The van der Waals surface area contributed by atoms with Crippen LogP contribution in [0.2, 0.25) is 0 Å². The van der Waals surface area contributed by atoms with Gasteiger partial charge >= 0.3 is 17.9 Å². The molecule has 0 bridgehead atoms. The lowest BCUT2D eigenvalue weighted by Gasteiger charge is -2.40. The smallest absolute Gasteiger partial charge is 0.336 e. The van der Waals surface area contributed by atoms with Gasteiger partial charge in [-0.2, -0.15) is 0 Å². The van der Waals surface area contributed by atoms with E-state index in [4.69, 9.17) is 20.4 Å². The summed E-state index contributed by atoms with van der Waals surface area (Å²) in [6.45, 7) is 4.93. The third kappa shape index (κ3) is 7.06. The van der Waals surface area contributed by atoms with Crippen molar-refractivity contribution in [2.75, 3.05) is 37.7 Å². The first-order valence-electron chi connectivity index (χ1n) is 14.2. The SMILES string of the molecule is O=C(O)CC(O)(CC(=O)O)C(=O)O.OCC1Cc2ccccc2N1CCCN1CCC2(CCc3ccccc32)CC1. The number of anilines is 1. The Kier molecular flexibility index (Phi) is 9.68. The van der Waals surface area contributed by atoms with Crippen molar-refractivity contribution in [2.24, 2.45) is 0 Å². The summed E-state index contributed by atoms with van der Waals surface area (Å²) in [6, 6.07) is 18.1. The van der Waals surface area contributed by atoms with E-state index in [-0.39, 0.29) is 12.6 Å². The molecule has 5 rings (SSSR count). The zero-order valence-electron chi connectivity index (χ0n) is 23.2. The summed E-state index contributed by atoms with van der Waals surface area (Å²) in [5, 5.41) is 43.6. The van der Waals surface area contributed by atoms with Gasteiger partial charge in [0.05, 0.1) is 25.5 Å². The number of carboxylic acids is 3. The number of aliphatic hydroxyl groups is 2. The molecule has 1 fully saturated rings. The van der Waals surface area contributed by atoms with E-state index in [0.717, 1.165) is 13.0 Å². The molecule has 0 aromatic heterocycles. The molecule has 222 valence electrons. The number of aryl methyl sites for hydroxylation is 1. The van der Waals surface area contributed by atoms with Gasteiger partial charge in [0.2, 0.25) is 0 Å². The van der Waals surface area contributed by atoms with Crippen LogP contribution < -0.4 is 4.90 Å². The third-order valence-corrected chi connectivity index (χ3v) is 8.84. The van der Waals surface area contributed by atoms with E-state index in [2.05, 4.69) is 58.3 Å². The summed E-state index contributed by atoms with van der Waals surface area (Å²) < 4.78 is 0. The maximum atomic E-state index is 10.3. The average Bonchev–Trinajstić information content (AvgIpc) is 3.48. The first kappa shape index (κ1) is 30.5. The van der Waals surface area contributed by atoms with E-state index >= 15 is 0 Å². The highest BCUT2D eigenvalue weighted by molar-refractivity contribution is 5.88. The van der Waals surface area contributed by atoms with Crippen molar-refractivity contribution in [2.45, 2.75) is 68.4 Å². The zero-order chi connectivity index (χ0) is 29.6. The maximum Gasteiger partial charge on any atom is 0.336 e. The van der Waals surface area contributed by atoms with E-state index in [0.29, 0.717) is 5.41 Å². The largest absolute Gasteiger partial charge is 0.481 e. The van der Waals surface area contributed by atoms with Gasteiger partial charge in [-0.05, 0) is 86.3 Å². The Balaban J connectivity index is 0.000000254. The Labute approximate surface area is 239 Å². The van der Waals surface area contributed by atoms with Crippen molar-refractivity contribution in [1.82, 2.24) is 4.90 Å². The van der Waals surface area contributed by atoms with Crippen LogP contribution in [-0.2, 0) is 32.6 Å². The monoisotopic (exact) mass is 568 g/mol. The predicted octanol–water partition coefficient (Wildman–Crippen LogP) is 2.53. The molecule has 5 N–H and O–H groups in total. The van der Waals surface area contributed by atoms with Crippen LogP contribution in [0.15, 0.2) is 48.5 Å². The number of piperidine rings is 1. The van der Waals surface area contributed by atoms with E-state index in [9.17, 15) is 19.5 Å². The van der Waals surface area contributed by atoms with Crippen LogP contribution in [0.4, 0.5) is 5.69 Å². The van der Waals surface area contributed by atoms with Crippen molar-refractivity contribution in [3.8, 4) is 0 Å². The van der Waals surface area contributed by atoms with Crippen molar-refractivity contribution in [3.05, 3.63) is 65.2 Å². The maximum absolute atomic E-state index is 10.3. The summed E-state index contributed by atoms with van der Waals surface area (Å²) >= 11 is 0. The zero-order valence-corrected chi connectivity index (χ0v) is 23.2. The normalized spacial score (nSPS) is 19.3. The molecule has 41 heavy (non-hydrogen) atoms. The molecule has 1 aliphatic carbocycles. The molecule has 0 amide bonds. The second-order valence-electron chi connectivity index (χ2n) is 11.5. The molecular formula is C31H40N2O8. The average molecular weight is 569 g/mol. The fourth-order valence-corrected chi connectivity index (χ4v) is 6.66. The highest BCUT2D eigenvalue weighted by atomic mass is 16.4. The minimum absolute atomic E-state index is 0.250. The van der Waals surface area contributed by atoms with Gasteiger partial charge in [-0.1, -0.05) is 42.5 Å². The number of aliphatic hydroxyl groups excluding tert-OH is 1. The molecule has 3 aliphatic rings. The van der Waals surface area contributed by atoms with Gasteiger partial charge in [0.15, 0.2) is 5.60 Å². The molecule has 2 heterocycles. The number of para-hydroxylation sites is 1. The van der Waals surface area contributed by atoms with Crippen LogP contribution in [-0.4, -0.2) is 92.8 Å². The number of hydrogen-bond donors (Lipinski definition) is 5. The van der Waals surface area contributed by atoms with Gasteiger partial charge in [-0.25, -0.2) is 4.79 Å². The van der Waals surface area contributed by atoms with Gasteiger partial charge < -0.3 is 35.3 Å². The molecule has 1 unspecified atom stereocenters. The summed E-state index contributed by atoms with van der Waals surface area (Å²) in [6.07, 6.45) is 5.12. The van der Waals surface area contributed by atoms with Crippen molar-refractivity contribution in [3.63, 3.8) is 0 Å². The molecule has 2 aromatic rings. The van der Waals surface area contributed by atoms with Crippen LogP contribution in [0.5, 0.6) is 0 Å². The number of likely N-dealkylation sites (tertiary alicyclic amines) is 1. The lowest BCUT2D eigenvalue weighted by molar-refractivity contribution is -0.170. The molecule has 0 saturated carbocycles. The standard InChI is InChI=1S/C25H32N2O.C6H8O7/c28-19-22-18-21-7-2-4-9-24(21)27(22)15-5-14-26-16-12-25(13-17-26)11-10-20-6-1-3-8-23(20)25;7-3(8)1-6(13,5(11)12)2-4(9)10/h1-4,6-9,22,28H,5,10-19H2;13H,1-2H2,(H,7,8)(H,9,10)(H,11,12). The topological polar surface area (TPSA) is 159 Å². The molecule has 2 aliphatic heterocycles. The number of hydrogen-bond acceptors (Lipinski definition) is 7. The third-order valence-electron chi connectivity index (χ3n) is 8.84. The molecule has 1 saturated heterocycles.